The molecule has 168 valence electrons. The first kappa shape index (κ1) is 21.5. The van der Waals surface area contributed by atoms with E-state index in [1.54, 1.807) is 18.5 Å². The molecule has 1 N–H and O–H groups in total. The molecule has 0 saturated heterocycles. The maximum Gasteiger partial charge on any atom is 0.416 e. The highest BCUT2D eigenvalue weighted by molar-refractivity contribution is 7.13. The highest BCUT2D eigenvalue weighted by Gasteiger charge is 2.30. The highest BCUT2D eigenvalue weighted by atomic mass is 32.1. The van der Waals surface area contributed by atoms with E-state index in [0.717, 1.165) is 35.6 Å². The lowest BCUT2D eigenvalue weighted by molar-refractivity contribution is -0.137. The van der Waals surface area contributed by atoms with Crippen molar-refractivity contribution in [2.75, 3.05) is 6.54 Å². The van der Waals surface area contributed by atoms with Gasteiger partial charge in [-0.25, -0.2) is 9.97 Å². The number of pyridine rings is 1. The Morgan fingerprint density at radius 3 is 2.64 bits per heavy atom. The number of H-pyrrole nitrogens is 1. The van der Waals surface area contributed by atoms with E-state index in [9.17, 15) is 18.0 Å². The van der Waals surface area contributed by atoms with Gasteiger partial charge in [0.15, 0.2) is 0 Å². The van der Waals surface area contributed by atoms with Crippen LogP contribution >= 0.6 is 11.3 Å². The molecular formula is C23H18F3N5OS. The number of alkyl halides is 3. The third-order valence-corrected chi connectivity index (χ3v) is 6.42. The first-order valence-corrected chi connectivity index (χ1v) is 11.1. The topological polar surface area (TPSA) is 74.8 Å². The molecule has 0 fully saturated rings. The fraction of sp³-hybridized carbons (Fsp3) is 0.217. The molecule has 1 aromatic carbocycles. The number of rotatable bonds is 4. The molecule has 0 aliphatic carbocycles. The molecule has 0 unspecified atom stereocenters. The lowest BCUT2D eigenvalue weighted by Crippen LogP contribution is -2.35. The summed E-state index contributed by atoms with van der Waals surface area (Å²) < 4.78 is 38.3. The van der Waals surface area contributed by atoms with Gasteiger partial charge in [0, 0.05) is 55.0 Å². The van der Waals surface area contributed by atoms with Crippen molar-refractivity contribution in [1.82, 2.24) is 24.8 Å². The number of aromatic nitrogens is 4. The van der Waals surface area contributed by atoms with Gasteiger partial charge in [0.25, 0.3) is 5.56 Å². The lowest BCUT2D eigenvalue weighted by Gasteiger charge is -2.27. The van der Waals surface area contributed by atoms with Crippen LogP contribution in [0.3, 0.4) is 0 Å². The monoisotopic (exact) mass is 469 g/mol. The fourth-order valence-electron chi connectivity index (χ4n) is 3.80. The van der Waals surface area contributed by atoms with E-state index in [4.69, 9.17) is 0 Å². The SMILES string of the molecule is O=c1[nH]c(-c2cccnc2)nc2c1CN(Cc1csc(-c3ccc(C(F)(F)F)cc3)n1)CC2. The third kappa shape index (κ3) is 4.57. The van der Waals surface area contributed by atoms with Crippen LogP contribution in [0.2, 0.25) is 0 Å². The molecule has 1 aliphatic rings. The first-order chi connectivity index (χ1) is 15.9. The average Bonchev–Trinajstić information content (AvgIpc) is 3.28. The predicted molar refractivity (Wildman–Crippen MR) is 118 cm³/mol. The lowest BCUT2D eigenvalue weighted by atomic mass is 10.1. The number of fused-ring (bicyclic) bond motifs is 1. The van der Waals surface area contributed by atoms with Crippen LogP contribution in [0.5, 0.6) is 0 Å². The number of aromatic amines is 1. The van der Waals surface area contributed by atoms with Gasteiger partial charge in [-0.3, -0.25) is 14.7 Å². The van der Waals surface area contributed by atoms with Crippen LogP contribution in [-0.4, -0.2) is 31.4 Å². The van der Waals surface area contributed by atoms with Crippen LogP contribution in [0.15, 0.2) is 59.0 Å². The summed E-state index contributed by atoms with van der Waals surface area (Å²) in [5, 5.41) is 2.56. The molecule has 6 nitrogen and oxygen atoms in total. The maximum absolute atomic E-state index is 12.8. The first-order valence-electron chi connectivity index (χ1n) is 10.2. The molecule has 0 spiro atoms. The van der Waals surface area contributed by atoms with E-state index in [1.807, 2.05) is 11.4 Å². The van der Waals surface area contributed by atoms with Gasteiger partial charge >= 0.3 is 6.18 Å². The van der Waals surface area contributed by atoms with Crippen LogP contribution < -0.4 is 5.56 Å². The number of hydrogen-bond acceptors (Lipinski definition) is 6. The quantitative estimate of drug-likeness (QED) is 0.475. The van der Waals surface area contributed by atoms with E-state index < -0.39 is 11.7 Å². The van der Waals surface area contributed by atoms with Crippen molar-refractivity contribution in [1.29, 1.82) is 0 Å². The number of nitrogens with zero attached hydrogens (tertiary/aromatic N) is 4. The van der Waals surface area contributed by atoms with Gasteiger partial charge < -0.3 is 4.98 Å². The average molecular weight is 469 g/mol. The summed E-state index contributed by atoms with van der Waals surface area (Å²) in [5.41, 5.74) is 2.82. The molecule has 10 heteroatoms. The predicted octanol–water partition coefficient (Wildman–Crippen LogP) is 4.53. The van der Waals surface area contributed by atoms with Gasteiger partial charge in [0.2, 0.25) is 0 Å². The van der Waals surface area contributed by atoms with Crippen molar-refractivity contribution in [2.24, 2.45) is 0 Å². The molecule has 0 bridgehead atoms. The van der Waals surface area contributed by atoms with E-state index in [-0.39, 0.29) is 5.56 Å². The minimum absolute atomic E-state index is 0.160. The molecule has 0 amide bonds. The van der Waals surface area contributed by atoms with Gasteiger partial charge in [-0.2, -0.15) is 13.2 Å². The molecule has 3 aromatic heterocycles. The standard InChI is InChI=1S/C23H18F3N5OS/c24-23(25,26)16-5-3-14(4-6-16)22-28-17(13-33-22)11-31-9-7-19-18(12-31)21(32)30-20(29-19)15-2-1-8-27-10-15/h1-6,8,10,13H,7,9,11-12H2,(H,29,30,32). The van der Waals surface area contributed by atoms with E-state index in [1.165, 1.54) is 23.5 Å². The van der Waals surface area contributed by atoms with Crippen molar-refractivity contribution in [3.8, 4) is 22.0 Å². The van der Waals surface area contributed by atoms with Crippen LogP contribution in [0.4, 0.5) is 13.2 Å². The minimum atomic E-state index is -4.36. The number of benzene rings is 1. The Morgan fingerprint density at radius 1 is 1.09 bits per heavy atom. The second-order valence-corrected chi connectivity index (χ2v) is 8.62. The summed E-state index contributed by atoms with van der Waals surface area (Å²) in [4.78, 5) is 31.0. The normalized spacial score (nSPS) is 14.3. The summed E-state index contributed by atoms with van der Waals surface area (Å²) in [6.07, 6.45) is -0.388. The molecule has 0 atom stereocenters. The Bertz CT molecular complexity index is 1330. The molecular weight excluding hydrogens is 451 g/mol. The summed E-state index contributed by atoms with van der Waals surface area (Å²) in [6, 6.07) is 8.65. The fourth-order valence-corrected chi connectivity index (χ4v) is 4.62. The van der Waals surface area contributed by atoms with Crippen LogP contribution in [0.25, 0.3) is 22.0 Å². The van der Waals surface area contributed by atoms with E-state index in [2.05, 4.69) is 24.8 Å². The molecule has 1 aliphatic heterocycles. The maximum atomic E-state index is 12.8. The molecule has 4 heterocycles. The largest absolute Gasteiger partial charge is 0.416 e. The van der Waals surface area contributed by atoms with Crippen molar-refractivity contribution in [2.45, 2.75) is 25.7 Å². The Kier molecular flexibility index (Phi) is 5.55. The second kappa shape index (κ2) is 8.53. The zero-order chi connectivity index (χ0) is 23.0. The highest BCUT2D eigenvalue weighted by Crippen LogP contribution is 2.32. The van der Waals surface area contributed by atoms with Gasteiger partial charge in [-0.15, -0.1) is 11.3 Å². The number of nitrogens with one attached hydrogen (secondary N) is 1. The molecule has 33 heavy (non-hydrogen) atoms. The minimum Gasteiger partial charge on any atom is -0.306 e. The van der Waals surface area contributed by atoms with Crippen LogP contribution in [0.1, 0.15) is 22.5 Å². The zero-order valence-electron chi connectivity index (χ0n) is 17.3. The van der Waals surface area contributed by atoms with Gasteiger partial charge in [0.1, 0.15) is 10.8 Å². The van der Waals surface area contributed by atoms with Gasteiger partial charge in [-0.05, 0) is 24.3 Å². The van der Waals surface area contributed by atoms with Crippen LogP contribution in [0, 0.1) is 0 Å². The molecule has 0 radical (unpaired) electrons. The zero-order valence-corrected chi connectivity index (χ0v) is 18.1. The van der Waals surface area contributed by atoms with E-state index in [0.29, 0.717) is 41.5 Å². The third-order valence-electron chi connectivity index (χ3n) is 5.48. The van der Waals surface area contributed by atoms with Gasteiger partial charge in [0.05, 0.1) is 22.5 Å². The Balaban J connectivity index is 1.30. The summed E-state index contributed by atoms with van der Waals surface area (Å²) in [6.45, 7) is 1.72. The van der Waals surface area contributed by atoms with Crippen molar-refractivity contribution < 1.29 is 13.2 Å². The Hall–Kier alpha value is -3.37. The number of thiazole rings is 1. The van der Waals surface area contributed by atoms with Crippen molar-refractivity contribution >= 4 is 11.3 Å². The Morgan fingerprint density at radius 2 is 1.91 bits per heavy atom. The molecule has 5 rings (SSSR count). The second-order valence-electron chi connectivity index (χ2n) is 7.76. The van der Waals surface area contributed by atoms with E-state index >= 15 is 0 Å². The number of hydrogen-bond donors (Lipinski definition) is 1. The summed E-state index contributed by atoms with van der Waals surface area (Å²) >= 11 is 1.39. The van der Waals surface area contributed by atoms with Crippen molar-refractivity contribution in [3.63, 3.8) is 0 Å². The van der Waals surface area contributed by atoms with Crippen LogP contribution in [-0.2, 0) is 25.7 Å². The Labute approximate surface area is 190 Å². The summed E-state index contributed by atoms with van der Waals surface area (Å²) in [5.74, 6) is 0.515. The number of halogens is 3. The van der Waals surface area contributed by atoms with Gasteiger partial charge in [-0.1, -0.05) is 12.1 Å². The smallest absolute Gasteiger partial charge is 0.306 e. The molecule has 4 aromatic rings. The molecule has 0 saturated carbocycles. The summed E-state index contributed by atoms with van der Waals surface area (Å²) in [7, 11) is 0. The van der Waals surface area contributed by atoms with Crippen molar-refractivity contribution in [3.05, 3.63) is 87.0 Å².